The summed E-state index contributed by atoms with van der Waals surface area (Å²) >= 11 is 0. The average molecular weight is 341 g/mol. The van der Waals surface area contributed by atoms with Gasteiger partial charge in [-0.1, -0.05) is 43.3 Å². The molecule has 0 radical (unpaired) electrons. The van der Waals surface area contributed by atoms with Gasteiger partial charge in [0.25, 0.3) is 0 Å². The maximum atomic E-state index is 12.4. The number of aryl methyl sites for hydroxylation is 1. The number of hydrogen-bond acceptors (Lipinski definition) is 3. The Morgan fingerprint density at radius 3 is 2.08 bits per heavy atom. The maximum absolute atomic E-state index is 12.4. The molecule has 2 rings (SSSR count). The number of carbonyl (C=O) groups excluding carboxylic acids is 1. The summed E-state index contributed by atoms with van der Waals surface area (Å²) in [6, 6.07) is 15.2. The van der Waals surface area contributed by atoms with Crippen molar-refractivity contribution in [2.45, 2.75) is 26.3 Å². The molecule has 0 aliphatic heterocycles. The average Bonchev–Trinajstić information content (AvgIpc) is 2.61. The third kappa shape index (κ3) is 5.95. The molecule has 25 heavy (non-hydrogen) atoms. The second-order valence-corrected chi connectivity index (χ2v) is 5.92. The lowest BCUT2D eigenvalue weighted by Gasteiger charge is -2.17. The topological polar surface area (TPSA) is 66.8 Å². The molecule has 5 nitrogen and oxygen atoms in total. The first-order valence-corrected chi connectivity index (χ1v) is 8.23. The number of benzene rings is 2. The van der Waals surface area contributed by atoms with E-state index in [0.29, 0.717) is 18.7 Å². The van der Waals surface area contributed by atoms with Crippen LogP contribution in [0.1, 0.15) is 23.6 Å². The highest BCUT2D eigenvalue weighted by Gasteiger charge is 2.10. The van der Waals surface area contributed by atoms with E-state index in [0.717, 1.165) is 17.5 Å². The second kappa shape index (κ2) is 8.87. The van der Waals surface area contributed by atoms with Gasteiger partial charge in [-0.3, -0.25) is 4.79 Å². The molecular formula is C20H23NO4. The summed E-state index contributed by atoms with van der Waals surface area (Å²) in [7, 11) is 1.78. The first-order chi connectivity index (χ1) is 12.0. The summed E-state index contributed by atoms with van der Waals surface area (Å²) in [4.78, 5) is 24.5. The predicted molar refractivity (Wildman–Crippen MR) is 95.6 cm³/mol. The number of carboxylic acid groups (broad SMARTS) is 1. The molecule has 0 aromatic heterocycles. The number of ether oxygens (including phenoxy) is 1. The Morgan fingerprint density at radius 2 is 1.52 bits per heavy atom. The van der Waals surface area contributed by atoms with E-state index in [1.165, 1.54) is 5.56 Å². The molecule has 0 saturated heterocycles. The lowest BCUT2D eigenvalue weighted by molar-refractivity contribution is -0.139. The number of amides is 1. The SMILES string of the molecule is CCc1ccc(CC(=O)N(C)Cc2ccc(OCC(=O)O)cc2)cc1. The van der Waals surface area contributed by atoms with Gasteiger partial charge in [0.2, 0.25) is 5.91 Å². The Bertz CT molecular complexity index is 707. The molecule has 0 aliphatic carbocycles. The van der Waals surface area contributed by atoms with E-state index in [1.807, 2.05) is 24.3 Å². The molecule has 1 amide bonds. The Labute approximate surface area is 147 Å². The van der Waals surface area contributed by atoms with Gasteiger partial charge in [0.05, 0.1) is 6.42 Å². The number of likely N-dealkylation sites (N-methyl/N-ethyl adjacent to an activating group) is 1. The van der Waals surface area contributed by atoms with Crippen molar-refractivity contribution >= 4 is 11.9 Å². The quantitative estimate of drug-likeness (QED) is 0.802. The zero-order valence-corrected chi connectivity index (χ0v) is 14.6. The molecule has 0 spiro atoms. The van der Waals surface area contributed by atoms with Gasteiger partial charge < -0.3 is 14.7 Å². The van der Waals surface area contributed by atoms with Crippen molar-refractivity contribution in [3.8, 4) is 5.75 Å². The standard InChI is InChI=1S/C20H23NO4/c1-3-15-4-6-16(7-5-15)12-19(22)21(2)13-17-8-10-18(11-9-17)25-14-20(23)24/h4-11H,3,12-14H2,1-2H3,(H,23,24). The van der Waals surface area contributed by atoms with Crippen molar-refractivity contribution in [2.24, 2.45) is 0 Å². The fraction of sp³-hybridized carbons (Fsp3) is 0.300. The van der Waals surface area contributed by atoms with E-state index in [4.69, 9.17) is 9.84 Å². The number of hydrogen-bond donors (Lipinski definition) is 1. The van der Waals surface area contributed by atoms with E-state index < -0.39 is 5.97 Å². The van der Waals surface area contributed by atoms with Gasteiger partial charge in [-0.05, 0) is 35.2 Å². The van der Waals surface area contributed by atoms with Gasteiger partial charge in [-0.15, -0.1) is 0 Å². The first-order valence-electron chi connectivity index (χ1n) is 8.23. The van der Waals surface area contributed by atoms with Crippen LogP contribution in [0.5, 0.6) is 5.75 Å². The summed E-state index contributed by atoms with van der Waals surface area (Å²) in [5, 5.41) is 8.59. The minimum atomic E-state index is -1.01. The number of carbonyl (C=O) groups is 2. The first kappa shape index (κ1) is 18.5. The molecule has 0 aliphatic rings. The maximum Gasteiger partial charge on any atom is 0.341 e. The smallest absolute Gasteiger partial charge is 0.341 e. The summed E-state index contributed by atoms with van der Waals surface area (Å²) in [6.45, 7) is 2.23. The second-order valence-electron chi connectivity index (χ2n) is 5.92. The Morgan fingerprint density at radius 1 is 0.960 bits per heavy atom. The number of carboxylic acids is 1. The zero-order valence-electron chi connectivity index (χ0n) is 14.6. The monoisotopic (exact) mass is 341 g/mol. The van der Waals surface area contributed by atoms with E-state index in [2.05, 4.69) is 19.1 Å². The lowest BCUT2D eigenvalue weighted by Crippen LogP contribution is -2.27. The van der Waals surface area contributed by atoms with Gasteiger partial charge in [-0.25, -0.2) is 4.79 Å². The fourth-order valence-electron chi connectivity index (χ4n) is 2.40. The van der Waals surface area contributed by atoms with Gasteiger partial charge in [0.1, 0.15) is 5.75 Å². The third-order valence-corrected chi connectivity index (χ3v) is 3.92. The summed E-state index contributed by atoms with van der Waals surface area (Å²) in [6.07, 6.45) is 1.36. The zero-order chi connectivity index (χ0) is 18.2. The Balaban J connectivity index is 1.88. The predicted octanol–water partition coefficient (Wildman–Crippen LogP) is 2.91. The van der Waals surface area contributed by atoms with Gasteiger partial charge in [0.15, 0.2) is 6.61 Å². The molecule has 132 valence electrons. The molecule has 0 saturated carbocycles. The molecule has 5 heteroatoms. The molecule has 0 fully saturated rings. The van der Waals surface area contributed by atoms with Crippen molar-refractivity contribution in [1.29, 1.82) is 0 Å². The minimum Gasteiger partial charge on any atom is -0.482 e. The molecular weight excluding hydrogens is 318 g/mol. The number of nitrogens with zero attached hydrogens (tertiary/aromatic N) is 1. The summed E-state index contributed by atoms with van der Waals surface area (Å²) < 4.78 is 5.09. The van der Waals surface area contributed by atoms with Crippen molar-refractivity contribution in [3.05, 3.63) is 65.2 Å². The van der Waals surface area contributed by atoms with E-state index in [1.54, 1.807) is 24.1 Å². The highest BCUT2D eigenvalue weighted by atomic mass is 16.5. The molecule has 1 N–H and O–H groups in total. The van der Waals surface area contributed by atoms with Crippen LogP contribution in [0, 0.1) is 0 Å². The Kier molecular flexibility index (Phi) is 6.57. The summed E-state index contributed by atoms with van der Waals surface area (Å²) in [5.74, 6) is -0.465. The van der Waals surface area contributed by atoms with Crippen LogP contribution >= 0.6 is 0 Å². The van der Waals surface area contributed by atoms with E-state index >= 15 is 0 Å². The molecule has 2 aromatic rings. The van der Waals surface area contributed by atoms with Gasteiger partial charge in [0, 0.05) is 13.6 Å². The van der Waals surface area contributed by atoms with Crippen molar-refractivity contribution in [3.63, 3.8) is 0 Å². The highest BCUT2D eigenvalue weighted by molar-refractivity contribution is 5.78. The van der Waals surface area contributed by atoms with Gasteiger partial charge >= 0.3 is 5.97 Å². The number of aliphatic carboxylic acids is 1. The van der Waals surface area contributed by atoms with Crippen LogP contribution < -0.4 is 4.74 Å². The van der Waals surface area contributed by atoms with Crippen LogP contribution in [-0.4, -0.2) is 35.5 Å². The normalized spacial score (nSPS) is 10.3. The van der Waals surface area contributed by atoms with Crippen LogP contribution in [-0.2, 0) is 29.0 Å². The van der Waals surface area contributed by atoms with Crippen LogP contribution in [0.4, 0.5) is 0 Å². The third-order valence-electron chi connectivity index (χ3n) is 3.92. The lowest BCUT2D eigenvalue weighted by atomic mass is 10.1. The summed E-state index contributed by atoms with van der Waals surface area (Å²) in [5.41, 5.74) is 3.22. The van der Waals surface area contributed by atoms with Crippen molar-refractivity contribution in [1.82, 2.24) is 4.90 Å². The fourth-order valence-corrected chi connectivity index (χ4v) is 2.40. The van der Waals surface area contributed by atoms with Gasteiger partial charge in [-0.2, -0.15) is 0 Å². The highest BCUT2D eigenvalue weighted by Crippen LogP contribution is 2.14. The van der Waals surface area contributed by atoms with Crippen molar-refractivity contribution in [2.75, 3.05) is 13.7 Å². The van der Waals surface area contributed by atoms with Crippen LogP contribution in [0.25, 0.3) is 0 Å². The largest absolute Gasteiger partial charge is 0.482 e. The van der Waals surface area contributed by atoms with Crippen LogP contribution in [0.3, 0.4) is 0 Å². The van der Waals surface area contributed by atoms with Crippen LogP contribution in [0.15, 0.2) is 48.5 Å². The molecule has 0 heterocycles. The van der Waals surface area contributed by atoms with E-state index in [-0.39, 0.29) is 12.5 Å². The van der Waals surface area contributed by atoms with Crippen LogP contribution in [0.2, 0.25) is 0 Å². The molecule has 0 unspecified atom stereocenters. The Hall–Kier alpha value is -2.82. The number of rotatable bonds is 8. The van der Waals surface area contributed by atoms with E-state index in [9.17, 15) is 9.59 Å². The molecule has 0 bridgehead atoms. The molecule has 0 atom stereocenters. The molecule has 2 aromatic carbocycles. The minimum absolute atomic E-state index is 0.0513. The van der Waals surface area contributed by atoms with Crippen molar-refractivity contribution < 1.29 is 19.4 Å².